The molecule has 2 N–H and O–H groups in total. The number of hydrogen-bond donors (Lipinski definition) is 2. The van der Waals surface area contributed by atoms with E-state index >= 15 is 0 Å². The van der Waals surface area contributed by atoms with Crippen LogP contribution in [0, 0.1) is 46.3 Å². The van der Waals surface area contributed by atoms with E-state index in [1.807, 2.05) is 7.11 Å². The molecular weight excluding hydrogens is 490 g/mol. The van der Waals surface area contributed by atoms with Crippen LogP contribution < -0.4 is 5.32 Å². The maximum atomic E-state index is 12.3. The van der Waals surface area contributed by atoms with E-state index in [1.165, 1.54) is 51.4 Å². The summed E-state index contributed by atoms with van der Waals surface area (Å²) in [4.78, 5) is 12.3. The van der Waals surface area contributed by atoms with Crippen molar-refractivity contribution in [2.24, 2.45) is 46.3 Å². The fourth-order valence-corrected chi connectivity index (χ4v) is 10.1. The van der Waals surface area contributed by atoms with Crippen molar-refractivity contribution < 1.29 is 27.2 Å². The van der Waals surface area contributed by atoms with E-state index < -0.39 is 15.9 Å². The van der Waals surface area contributed by atoms with Crippen molar-refractivity contribution in [1.82, 2.24) is 5.32 Å². The Labute approximate surface area is 225 Å². The summed E-state index contributed by atoms with van der Waals surface area (Å²) < 4.78 is 43.0. The Morgan fingerprint density at radius 3 is 2.46 bits per heavy atom. The quantitative estimate of drug-likeness (QED) is 0.373. The molecule has 0 saturated heterocycles. The van der Waals surface area contributed by atoms with E-state index in [4.69, 9.17) is 14.0 Å². The summed E-state index contributed by atoms with van der Waals surface area (Å²) in [5, 5.41) is 2.64. The number of methoxy groups -OCH3 is 1. The predicted octanol–water partition coefficient (Wildman–Crippen LogP) is 5.10. The first-order chi connectivity index (χ1) is 17.4. The van der Waals surface area contributed by atoms with Crippen molar-refractivity contribution in [2.75, 3.05) is 26.0 Å². The number of fused-ring (bicyclic) bond motifs is 5. The van der Waals surface area contributed by atoms with E-state index in [0.717, 1.165) is 18.9 Å². The van der Waals surface area contributed by atoms with E-state index in [0.29, 0.717) is 53.6 Å². The molecular formula is C29H51NO6S. The highest BCUT2D eigenvalue weighted by atomic mass is 32.2. The highest BCUT2D eigenvalue weighted by molar-refractivity contribution is 7.85. The first kappa shape index (κ1) is 29.3. The van der Waals surface area contributed by atoms with Crippen molar-refractivity contribution in [3.05, 3.63) is 0 Å². The van der Waals surface area contributed by atoms with Gasteiger partial charge in [-0.05, 0) is 111 Å². The third-order valence-electron chi connectivity index (χ3n) is 11.6. The second kappa shape index (κ2) is 11.4. The average molecular weight is 542 g/mol. The summed E-state index contributed by atoms with van der Waals surface area (Å²) in [6, 6.07) is 0. The molecule has 4 rings (SSSR count). The first-order valence-electron chi connectivity index (χ1n) is 14.8. The van der Waals surface area contributed by atoms with Gasteiger partial charge in [0.25, 0.3) is 10.1 Å². The molecule has 0 radical (unpaired) electrons. The highest BCUT2D eigenvalue weighted by Gasteiger charge is 2.63. The van der Waals surface area contributed by atoms with Gasteiger partial charge in [0.2, 0.25) is 5.91 Å². The Morgan fingerprint density at radius 2 is 1.78 bits per heavy atom. The molecule has 0 aromatic carbocycles. The maximum Gasteiger partial charge on any atom is 0.266 e. The van der Waals surface area contributed by atoms with Gasteiger partial charge in [-0.2, -0.15) is 8.42 Å². The van der Waals surface area contributed by atoms with Crippen molar-refractivity contribution in [2.45, 2.75) is 104 Å². The van der Waals surface area contributed by atoms with Crippen LogP contribution in [0.3, 0.4) is 0 Å². The topological polar surface area (TPSA) is 102 Å². The van der Waals surface area contributed by atoms with E-state index in [-0.39, 0.29) is 17.9 Å². The highest BCUT2D eigenvalue weighted by Crippen LogP contribution is 2.68. The van der Waals surface area contributed by atoms with Crippen LogP contribution in [0.25, 0.3) is 0 Å². The van der Waals surface area contributed by atoms with E-state index in [9.17, 15) is 13.2 Å². The third kappa shape index (κ3) is 5.92. The molecule has 214 valence electrons. The van der Waals surface area contributed by atoms with E-state index in [2.05, 4.69) is 33.0 Å². The molecule has 8 heteroatoms. The van der Waals surface area contributed by atoms with Gasteiger partial charge < -0.3 is 14.8 Å². The number of carbonyl (C=O) groups is 1. The molecule has 0 aliphatic heterocycles. The van der Waals surface area contributed by atoms with Gasteiger partial charge in [0.1, 0.15) is 0 Å². The van der Waals surface area contributed by atoms with Gasteiger partial charge >= 0.3 is 0 Å². The smallest absolute Gasteiger partial charge is 0.266 e. The van der Waals surface area contributed by atoms with Crippen molar-refractivity contribution in [3.63, 3.8) is 0 Å². The summed E-state index contributed by atoms with van der Waals surface area (Å²) in [7, 11) is -2.18. The number of nitrogens with one attached hydrogen (secondary N) is 1. The summed E-state index contributed by atoms with van der Waals surface area (Å²) >= 11 is 0. The minimum absolute atomic E-state index is 0.0396. The van der Waals surface area contributed by atoms with Gasteiger partial charge in [-0.15, -0.1) is 0 Å². The van der Waals surface area contributed by atoms with Crippen LogP contribution in [0.2, 0.25) is 0 Å². The van der Waals surface area contributed by atoms with Gasteiger partial charge in [0.15, 0.2) is 0 Å². The fraction of sp³-hybridized carbons (Fsp3) is 0.966. The van der Waals surface area contributed by atoms with Crippen molar-refractivity contribution in [1.29, 1.82) is 0 Å². The summed E-state index contributed by atoms with van der Waals surface area (Å²) in [5.74, 6) is 3.18. The fourth-order valence-electron chi connectivity index (χ4n) is 9.70. The molecule has 0 bridgehead atoms. The normalized spacial score (nSPS) is 42.4. The van der Waals surface area contributed by atoms with Gasteiger partial charge in [-0.25, -0.2) is 0 Å². The van der Waals surface area contributed by atoms with Gasteiger partial charge in [-0.3, -0.25) is 9.35 Å². The summed E-state index contributed by atoms with van der Waals surface area (Å²) in [5.41, 5.74) is 0.669. The molecule has 10 unspecified atom stereocenters. The van der Waals surface area contributed by atoms with Crippen LogP contribution in [0.15, 0.2) is 0 Å². The van der Waals surface area contributed by atoms with Crippen LogP contribution >= 0.6 is 0 Å². The number of amides is 1. The predicted molar refractivity (Wildman–Crippen MR) is 145 cm³/mol. The molecule has 37 heavy (non-hydrogen) atoms. The lowest BCUT2D eigenvalue weighted by molar-refractivity contribution is -0.189. The molecule has 4 aliphatic rings. The van der Waals surface area contributed by atoms with Gasteiger partial charge in [0, 0.05) is 26.7 Å². The number of carbonyl (C=O) groups excluding carboxylic acids is 1. The Balaban J connectivity index is 1.43. The molecule has 0 aromatic heterocycles. The summed E-state index contributed by atoms with van der Waals surface area (Å²) in [6.07, 6.45) is 11.8. The van der Waals surface area contributed by atoms with Crippen LogP contribution in [0.5, 0.6) is 0 Å². The minimum atomic E-state index is -4.05. The molecule has 4 fully saturated rings. The van der Waals surface area contributed by atoms with Crippen molar-refractivity contribution >= 4 is 16.0 Å². The zero-order chi connectivity index (χ0) is 27.0. The summed E-state index contributed by atoms with van der Waals surface area (Å²) in [6.45, 7) is 10.3. The second-order valence-electron chi connectivity index (χ2n) is 13.2. The lowest BCUT2D eigenvalue weighted by atomic mass is 9.43. The molecule has 4 aliphatic carbocycles. The molecule has 1 amide bonds. The Hall–Kier alpha value is -0.700. The van der Waals surface area contributed by atoms with Crippen LogP contribution in [0.1, 0.15) is 91.9 Å². The minimum Gasteiger partial charge on any atom is -0.381 e. The number of rotatable bonds is 10. The first-order valence-corrected chi connectivity index (χ1v) is 16.4. The zero-order valence-corrected chi connectivity index (χ0v) is 24.5. The molecule has 0 spiro atoms. The van der Waals surface area contributed by atoms with Gasteiger partial charge in [0.05, 0.1) is 18.0 Å². The monoisotopic (exact) mass is 541 g/mol. The van der Waals surface area contributed by atoms with Crippen LogP contribution in [-0.4, -0.2) is 57.1 Å². The molecule has 0 aromatic rings. The maximum absolute atomic E-state index is 12.3. The van der Waals surface area contributed by atoms with Crippen molar-refractivity contribution in [3.8, 4) is 0 Å². The van der Waals surface area contributed by atoms with Gasteiger partial charge in [-0.1, -0.05) is 20.8 Å². The number of ether oxygens (including phenoxy) is 2. The standard InChI is InChI=1S/C29H51NO6S/c1-6-36-25-18-20-17-21(35-5)11-13-28(20,3)24-12-14-29(4)22(8-9-23(29)27(24)25)19(2)7-10-26(31)30-15-16-37(32,33)34/h19-25,27H,6-18H2,1-5H3,(H,30,31)(H,32,33,34). The van der Waals surface area contributed by atoms with E-state index in [1.54, 1.807) is 0 Å². The lowest BCUT2D eigenvalue weighted by Crippen LogP contribution is -2.59. The Bertz CT molecular complexity index is 910. The molecule has 10 atom stereocenters. The average Bonchev–Trinajstić information content (AvgIpc) is 3.19. The second-order valence-corrected chi connectivity index (χ2v) is 14.8. The molecule has 4 saturated carbocycles. The Kier molecular flexibility index (Phi) is 9.04. The third-order valence-corrected chi connectivity index (χ3v) is 12.3. The Morgan fingerprint density at radius 1 is 1.08 bits per heavy atom. The molecule has 0 heterocycles. The van der Waals surface area contributed by atoms with Crippen LogP contribution in [0.4, 0.5) is 0 Å². The molecule has 7 nitrogen and oxygen atoms in total. The van der Waals surface area contributed by atoms with Crippen LogP contribution in [-0.2, 0) is 24.4 Å². The largest absolute Gasteiger partial charge is 0.381 e. The number of hydrogen-bond acceptors (Lipinski definition) is 5. The lowest BCUT2D eigenvalue weighted by Gasteiger charge is -2.63. The SMILES string of the molecule is CCOC1CC2CC(OC)CCC2(C)C2CCC3(C)C(C(C)CCC(=O)NCCS(=O)(=O)O)CCC3C12. The zero-order valence-electron chi connectivity index (χ0n) is 23.7.